The standard InChI is InChI=1S/C22H20F3N5O2/c1-2-21(31)29-12-19(30-11-18(27-28-30)16-4-3-9-26-10-16)20(13-29)32-14-15-5-7-17(8-6-15)22(23,24)25/h2-11,19-20H,1,12-14H2/t19-,20-/m1/s1. The van der Waals surface area contributed by atoms with Gasteiger partial charge < -0.3 is 9.64 Å². The molecule has 2 aromatic heterocycles. The van der Waals surface area contributed by atoms with Crippen molar-refractivity contribution in [2.75, 3.05) is 13.1 Å². The van der Waals surface area contributed by atoms with Crippen LogP contribution < -0.4 is 0 Å². The van der Waals surface area contributed by atoms with Crippen LogP contribution in [-0.4, -0.2) is 50.0 Å². The zero-order valence-electron chi connectivity index (χ0n) is 16.9. The molecule has 3 aromatic rings. The number of carbonyl (C=O) groups excluding carboxylic acids is 1. The van der Waals surface area contributed by atoms with E-state index in [-0.39, 0.29) is 18.6 Å². The zero-order valence-corrected chi connectivity index (χ0v) is 16.9. The van der Waals surface area contributed by atoms with Crippen LogP contribution in [0, 0.1) is 0 Å². The monoisotopic (exact) mass is 443 g/mol. The smallest absolute Gasteiger partial charge is 0.369 e. The number of nitrogens with zero attached hydrogens (tertiary/aromatic N) is 5. The molecule has 32 heavy (non-hydrogen) atoms. The Kier molecular flexibility index (Phi) is 6.04. The first-order valence-corrected chi connectivity index (χ1v) is 9.86. The summed E-state index contributed by atoms with van der Waals surface area (Å²) in [5, 5.41) is 8.40. The van der Waals surface area contributed by atoms with Crippen molar-refractivity contribution in [3.63, 3.8) is 0 Å². The van der Waals surface area contributed by atoms with Crippen LogP contribution in [0.25, 0.3) is 11.3 Å². The molecule has 2 atom stereocenters. The van der Waals surface area contributed by atoms with Crippen LogP contribution in [0.2, 0.25) is 0 Å². The van der Waals surface area contributed by atoms with Gasteiger partial charge in [0.15, 0.2) is 0 Å². The third-order valence-electron chi connectivity index (χ3n) is 5.28. The van der Waals surface area contributed by atoms with Crippen molar-refractivity contribution >= 4 is 5.91 Å². The second-order valence-corrected chi connectivity index (χ2v) is 7.38. The van der Waals surface area contributed by atoms with Crippen molar-refractivity contribution in [1.29, 1.82) is 0 Å². The molecule has 1 saturated heterocycles. The lowest BCUT2D eigenvalue weighted by Gasteiger charge is -2.19. The minimum Gasteiger partial charge on any atom is -0.369 e. The van der Waals surface area contributed by atoms with Gasteiger partial charge in [-0.2, -0.15) is 13.2 Å². The van der Waals surface area contributed by atoms with E-state index < -0.39 is 17.8 Å². The second kappa shape index (κ2) is 8.91. The Bertz CT molecular complexity index is 1080. The fourth-order valence-corrected chi connectivity index (χ4v) is 3.56. The molecule has 0 aliphatic carbocycles. The number of halogens is 3. The molecule has 4 rings (SSSR count). The highest BCUT2D eigenvalue weighted by molar-refractivity contribution is 5.87. The molecule has 7 nitrogen and oxygen atoms in total. The van der Waals surface area contributed by atoms with E-state index in [0.29, 0.717) is 24.3 Å². The first-order chi connectivity index (χ1) is 15.3. The summed E-state index contributed by atoms with van der Waals surface area (Å²) in [7, 11) is 0. The Balaban J connectivity index is 1.50. The van der Waals surface area contributed by atoms with Gasteiger partial charge in [-0.25, -0.2) is 4.68 Å². The molecular weight excluding hydrogens is 423 g/mol. The van der Waals surface area contributed by atoms with Crippen LogP contribution in [0.4, 0.5) is 13.2 Å². The highest BCUT2D eigenvalue weighted by Crippen LogP contribution is 2.30. The van der Waals surface area contributed by atoms with E-state index in [0.717, 1.165) is 17.7 Å². The summed E-state index contributed by atoms with van der Waals surface area (Å²) in [5.74, 6) is -0.233. The van der Waals surface area contributed by atoms with Crippen molar-refractivity contribution in [3.05, 3.63) is 78.8 Å². The zero-order chi connectivity index (χ0) is 22.7. The molecule has 0 spiro atoms. The second-order valence-electron chi connectivity index (χ2n) is 7.38. The third kappa shape index (κ3) is 4.70. The molecule has 10 heteroatoms. The van der Waals surface area contributed by atoms with E-state index >= 15 is 0 Å². The van der Waals surface area contributed by atoms with Crippen LogP contribution >= 0.6 is 0 Å². The van der Waals surface area contributed by atoms with Gasteiger partial charge in [0.2, 0.25) is 5.91 Å². The van der Waals surface area contributed by atoms with Crippen LogP contribution in [0.5, 0.6) is 0 Å². The van der Waals surface area contributed by atoms with Gasteiger partial charge in [-0.1, -0.05) is 23.9 Å². The molecule has 1 aliphatic rings. The average molecular weight is 443 g/mol. The molecule has 1 fully saturated rings. The topological polar surface area (TPSA) is 73.1 Å². The lowest BCUT2D eigenvalue weighted by atomic mass is 10.1. The summed E-state index contributed by atoms with van der Waals surface area (Å²) < 4.78 is 46.0. The van der Waals surface area contributed by atoms with Gasteiger partial charge in [0, 0.05) is 31.0 Å². The fraction of sp³-hybridized carbons (Fsp3) is 0.273. The summed E-state index contributed by atoms with van der Waals surface area (Å²) in [6.45, 7) is 4.27. The number of hydrogen-bond donors (Lipinski definition) is 0. The number of amides is 1. The maximum absolute atomic E-state index is 12.8. The Morgan fingerprint density at radius 1 is 1.22 bits per heavy atom. The Hall–Kier alpha value is -3.53. The molecule has 1 aromatic carbocycles. The van der Waals surface area contributed by atoms with Crippen molar-refractivity contribution in [3.8, 4) is 11.3 Å². The van der Waals surface area contributed by atoms with Crippen molar-refractivity contribution in [2.24, 2.45) is 0 Å². The fourth-order valence-electron chi connectivity index (χ4n) is 3.56. The number of carbonyl (C=O) groups is 1. The lowest BCUT2D eigenvalue weighted by molar-refractivity contribution is -0.137. The van der Waals surface area contributed by atoms with Gasteiger partial charge in [-0.05, 0) is 35.9 Å². The molecule has 0 unspecified atom stereocenters. The quantitative estimate of drug-likeness (QED) is 0.545. The van der Waals surface area contributed by atoms with E-state index in [1.54, 1.807) is 34.2 Å². The average Bonchev–Trinajstić information content (AvgIpc) is 3.45. The van der Waals surface area contributed by atoms with Gasteiger partial charge >= 0.3 is 6.18 Å². The molecule has 0 radical (unpaired) electrons. The number of hydrogen-bond acceptors (Lipinski definition) is 5. The first kappa shape index (κ1) is 21.7. The molecule has 0 N–H and O–H groups in total. The number of alkyl halides is 3. The van der Waals surface area contributed by atoms with E-state index in [1.807, 2.05) is 6.07 Å². The van der Waals surface area contributed by atoms with Crippen LogP contribution in [0.15, 0.2) is 67.6 Å². The predicted molar refractivity (Wildman–Crippen MR) is 109 cm³/mol. The highest BCUT2D eigenvalue weighted by Gasteiger charge is 2.37. The van der Waals surface area contributed by atoms with Crippen molar-refractivity contribution < 1.29 is 22.7 Å². The van der Waals surface area contributed by atoms with E-state index in [1.165, 1.54) is 18.2 Å². The molecule has 0 bridgehead atoms. The van der Waals surface area contributed by atoms with Crippen LogP contribution in [0.3, 0.4) is 0 Å². The minimum atomic E-state index is -4.39. The number of likely N-dealkylation sites (tertiary alicyclic amines) is 1. The normalized spacial score (nSPS) is 18.7. The lowest BCUT2D eigenvalue weighted by Crippen LogP contribution is -2.28. The van der Waals surface area contributed by atoms with Crippen molar-refractivity contribution in [1.82, 2.24) is 24.9 Å². The van der Waals surface area contributed by atoms with Gasteiger partial charge in [-0.15, -0.1) is 5.10 Å². The summed E-state index contributed by atoms with van der Waals surface area (Å²) in [6.07, 6.45) is 1.52. The van der Waals surface area contributed by atoms with Gasteiger partial charge in [0.25, 0.3) is 0 Å². The Labute approximate surface area is 182 Å². The molecular formula is C22H20F3N5O2. The summed E-state index contributed by atoms with van der Waals surface area (Å²) >= 11 is 0. The summed E-state index contributed by atoms with van der Waals surface area (Å²) in [4.78, 5) is 17.8. The maximum atomic E-state index is 12.8. The van der Waals surface area contributed by atoms with Gasteiger partial charge in [0.1, 0.15) is 5.69 Å². The summed E-state index contributed by atoms with van der Waals surface area (Å²) in [6, 6.07) is 8.16. The van der Waals surface area contributed by atoms with E-state index in [2.05, 4.69) is 21.9 Å². The van der Waals surface area contributed by atoms with Crippen molar-refractivity contribution in [2.45, 2.75) is 24.9 Å². The SMILES string of the molecule is C=CC(=O)N1C[C@@H](n2cc(-c3cccnc3)nn2)[C@H](OCc2ccc(C(F)(F)F)cc2)C1. The predicted octanol–water partition coefficient (Wildman–Crippen LogP) is 3.51. The van der Waals surface area contributed by atoms with Crippen LogP contribution in [0.1, 0.15) is 17.2 Å². The number of aromatic nitrogens is 4. The highest BCUT2D eigenvalue weighted by atomic mass is 19.4. The Morgan fingerprint density at radius 2 is 2.00 bits per heavy atom. The molecule has 1 amide bonds. The Morgan fingerprint density at radius 3 is 2.66 bits per heavy atom. The van der Waals surface area contributed by atoms with Gasteiger partial charge in [0.05, 0.1) is 30.5 Å². The number of ether oxygens (including phenoxy) is 1. The van der Waals surface area contributed by atoms with E-state index in [9.17, 15) is 18.0 Å². The number of pyridine rings is 1. The molecule has 1 aliphatic heterocycles. The molecule has 166 valence electrons. The summed E-state index contributed by atoms with van der Waals surface area (Å²) in [5.41, 5.74) is 1.32. The maximum Gasteiger partial charge on any atom is 0.416 e. The first-order valence-electron chi connectivity index (χ1n) is 9.86. The minimum absolute atomic E-state index is 0.0968. The van der Waals surface area contributed by atoms with E-state index in [4.69, 9.17) is 4.74 Å². The third-order valence-corrected chi connectivity index (χ3v) is 5.28. The molecule has 0 saturated carbocycles. The van der Waals surface area contributed by atoms with Crippen LogP contribution in [-0.2, 0) is 22.3 Å². The molecule has 3 heterocycles. The van der Waals surface area contributed by atoms with Gasteiger partial charge in [-0.3, -0.25) is 9.78 Å². The largest absolute Gasteiger partial charge is 0.416 e. The number of benzene rings is 1. The number of rotatable bonds is 6.